The second-order valence-electron chi connectivity index (χ2n) is 6.04. The van der Waals surface area contributed by atoms with Gasteiger partial charge in [0.2, 0.25) is 0 Å². The third-order valence-electron chi connectivity index (χ3n) is 3.77. The zero-order chi connectivity index (χ0) is 16.0. The van der Waals surface area contributed by atoms with E-state index in [1.807, 2.05) is 12.2 Å². The van der Waals surface area contributed by atoms with Crippen molar-refractivity contribution < 1.29 is 0 Å². The van der Waals surface area contributed by atoms with Crippen LogP contribution < -0.4 is 0 Å². The maximum absolute atomic E-state index is 3.71. The van der Waals surface area contributed by atoms with Gasteiger partial charge in [0.05, 0.1) is 0 Å². The van der Waals surface area contributed by atoms with Crippen molar-refractivity contribution in [2.75, 3.05) is 0 Å². The number of hydrogen-bond donors (Lipinski definition) is 0. The molecule has 0 rings (SSSR count). The molecule has 0 aromatic heterocycles. The van der Waals surface area contributed by atoms with E-state index in [1.165, 1.54) is 96.3 Å². The lowest BCUT2D eigenvalue weighted by molar-refractivity contribution is 0.592. The van der Waals surface area contributed by atoms with Crippen LogP contribution in [0.1, 0.15) is 110 Å². The maximum Gasteiger partial charge on any atom is -0.0353 e. The third kappa shape index (κ3) is 28.4. The first kappa shape index (κ1) is 22.8. The van der Waals surface area contributed by atoms with E-state index in [0.29, 0.717) is 0 Å². The molecule has 0 radical (unpaired) electrons. The van der Waals surface area contributed by atoms with Crippen molar-refractivity contribution in [1.82, 2.24) is 0 Å². The van der Waals surface area contributed by atoms with Gasteiger partial charge in [-0.2, -0.15) is 0 Å². The molecule has 0 saturated heterocycles. The Hall–Kier alpha value is -0.520. The molecule has 0 nitrogen and oxygen atoms in total. The molecule has 126 valence electrons. The van der Waals surface area contributed by atoms with E-state index >= 15 is 0 Å². The summed E-state index contributed by atoms with van der Waals surface area (Å²) in [5.74, 6) is 0. The molecule has 0 spiro atoms. The lowest BCUT2D eigenvalue weighted by atomic mass is 10.1. The summed E-state index contributed by atoms with van der Waals surface area (Å²) in [4.78, 5) is 0. The third-order valence-corrected chi connectivity index (χ3v) is 3.77. The topological polar surface area (TPSA) is 0 Å². The summed E-state index contributed by atoms with van der Waals surface area (Å²) in [6.45, 7) is 11.9. The van der Waals surface area contributed by atoms with E-state index in [0.717, 1.165) is 0 Å². The van der Waals surface area contributed by atoms with E-state index in [1.54, 1.807) is 0 Å². The Morgan fingerprint density at radius 2 is 0.762 bits per heavy atom. The van der Waals surface area contributed by atoms with Crippen LogP contribution in [0.4, 0.5) is 0 Å². The molecule has 21 heavy (non-hydrogen) atoms. The minimum Gasteiger partial charge on any atom is -0.103 e. The van der Waals surface area contributed by atoms with E-state index < -0.39 is 0 Å². The quantitative estimate of drug-likeness (QED) is 0.211. The second-order valence-corrected chi connectivity index (χ2v) is 6.04. The Kier molecular flexibility index (Phi) is 26.5. The Balaban J connectivity index is 0. The van der Waals surface area contributed by atoms with Gasteiger partial charge in [0.15, 0.2) is 0 Å². The molecule has 0 aliphatic heterocycles. The van der Waals surface area contributed by atoms with Crippen LogP contribution in [0.3, 0.4) is 0 Å². The molecule has 0 fully saturated rings. The van der Waals surface area contributed by atoms with Gasteiger partial charge in [0.1, 0.15) is 0 Å². The van der Waals surface area contributed by atoms with Crippen molar-refractivity contribution in [2.45, 2.75) is 110 Å². The highest BCUT2D eigenvalue weighted by atomic mass is 13.9. The second kappa shape index (κ2) is 24.5. The summed E-state index contributed by atoms with van der Waals surface area (Å²) in [6.07, 6.45) is 24.6. The molecule has 0 amide bonds. The summed E-state index contributed by atoms with van der Waals surface area (Å²) in [6, 6.07) is 0. The number of allylic oxidation sites excluding steroid dienone is 2. The summed E-state index contributed by atoms with van der Waals surface area (Å²) in [5.41, 5.74) is 0. The van der Waals surface area contributed by atoms with Gasteiger partial charge in [-0.3, -0.25) is 0 Å². The van der Waals surface area contributed by atoms with E-state index in [9.17, 15) is 0 Å². The first-order valence-electron chi connectivity index (χ1n) is 9.55. The fraction of sp³-hybridized carbons (Fsp3) is 0.810. The fourth-order valence-corrected chi connectivity index (χ4v) is 2.31. The average Bonchev–Trinajstić information content (AvgIpc) is 2.51. The van der Waals surface area contributed by atoms with Gasteiger partial charge in [0, 0.05) is 0 Å². The predicted octanol–water partition coefficient (Wildman–Crippen LogP) is 8.24. The Bertz CT molecular complexity index is 180. The minimum atomic E-state index is 1.20. The van der Waals surface area contributed by atoms with Crippen molar-refractivity contribution >= 4 is 0 Å². The summed E-state index contributed by atoms with van der Waals surface area (Å²) in [5, 5.41) is 0. The van der Waals surface area contributed by atoms with Gasteiger partial charge in [-0.25, -0.2) is 0 Å². The Morgan fingerprint density at radius 3 is 1.05 bits per heavy atom. The highest BCUT2D eigenvalue weighted by Gasteiger charge is 1.88. The average molecular weight is 295 g/mol. The van der Waals surface area contributed by atoms with Crippen molar-refractivity contribution in [2.24, 2.45) is 0 Å². The minimum absolute atomic E-state index is 1.20. The van der Waals surface area contributed by atoms with Crippen LogP contribution in [-0.2, 0) is 0 Å². The van der Waals surface area contributed by atoms with Gasteiger partial charge in [-0.05, 0) is 25.7 Å². The molecule has 0 aliphatic rings. The van der Waals surface area contributed by atoms with Crippen molar-refractivity contribution in [3.05, 3.63) is 25.3 Å². The van der Waals surface area contributed by atoms with Gasteiger partial charge < -0.3 is 0 Å². The SMILES string of the molecule is C=CCCCCCCCC.C=CCCCCCCCCC. The highest BCUT2D eigenvalue weighted by Crippen LogP contribution is 2.08. The molecular weight excluding hydrogens is 252 g/mol. The molecule has 0 atom stereocenters. The maximum atomic E-state index is 3.71. The largest absolute Gasteiger partial charge is 0.103 e. The smallest absolute Gasteiger partial charge is 0.0353 e. The first-order chi connectivity index (χ1) is 10.3. The van der Waals surface area contributed by atoms with Crippen LogP contribution >= 0.6 is 0 Å². The Morgan fingerprint density at radius 1 is 0.476 bits per heavy atom. The van der Waals surface area contributed by atoms with Gasteiger partial charge in [-0.1, -0.05) is 96.6 Å². The van der Waals surface area contributed by atoms with E-state index in [2.05, 4.69) is 27.0 Å². The zero-order valence-electron chi connectivity index (χ0n) is 15.2. The van der Waals surface area contributed by atoms with Gasteiger partial charge in [0.25, 0.3) is 0 Å². The predicted molar refractivity (Wildman–Crippen MR) is 101 cm³/mol. The van der Waals surface area contributed by atoms with Crippen LogP contribution in [0.5, 0.6) is 0 Å². The van der Waals surface area contributed by atoms with Crippen LogP contribution in [0.25, 0.3) is 0 Å². The molecule has 0 heteroatoms. The van der Waals surface area contributed by atoms with E-state index in [-0.39, 0.29) is 0 Å². The highest BCUT2D eigenvalue weighted by molar-refractivity contribution is 4.65. The standard InChI is InChI=1S/C11H22.C10H20/c1-3-5-7-9-11-10-8-6-4-2;1-3-5-7-9-10-8-6-4-2/h3H,1,4-11H2,2H3;3H,1,4-10H2,2H3. The van der Waals surface area contributed by atoms with E-state index in [4.69, 9.17) is 0 Å². The number of unbranched alkanes of at least 4 members (excludes halogenated alkanes) is 13. The molecule has 0 heterocycles. The lowest BCUT2D eigenvalue weighted by Crippen LogP contribution is -1.78. The van der Waals surface area contributed by atoms with Gasteiger partial charge >= 0.3 is 0 Å². The summed E-state index contributed by atoms with van der Waals surface area (Å²) < 4.78 is 0. The Labute approximate surface area is 136 Å². The molecule has 0 unspecified atom stereocenters. The summed E-state index contributed by atoms with van der Waals surface area (Å²) in [7, 11) is 0. The molecule has 0 aromatic rings. The zero-order valence-corrected chi connectivity index (χ0v) is 15.2. The molecule has 0 bridgehead atoms. The molecule has 0 aliphatic carbocycles. The number of hydrogen-bond acceptors (Lipinski definition) is 0. The van der Waals surface area contributed by atoms with Crippen molar-refractivity contribution in [3.8, 4) is 0 Å². The molecule has 0 N–H and O–H groups in total. The molecular formula is C21H42. The van der Waals surface area contributed by atoms with Crippen LogP contribution in [0, 0.1) is 0 Å². The van der Waals surface area contributed by atoms with Gasteiger partial charge in [-0.15, -0.1) is 13.2 Å². The fourth-order valence-electron chi connectivity index (χ4n) is 2.31. The van der Waals surface area contributed by atoms with Crippen molar-refractivity contribution in [3.63, 3.8) is 0 Å². The molecule has 0 aromatic carbocycles. The summed E-state index contributed by atoms with van der Waals surface area (Å²) >= 11 is 0. The molecule has 0 saturated carbocycles. The van der Waals surface area contributed by atoms with Crippen molar-refractivity contribution in [1.29, 1.82) is 0 Å². The first-order valence-corrected chi connectivity index (χ1v) is 9.55. The lowest BCUT2D eigenvalue weighted by Gasteiger charge is -1.98. The van der Waals surface area contributed by atoms with Crippen LogP contribution in [0.2, 0.25) is 0 Å². The van der Waals surface area contributed by atoms with Crippen LogP contribution in [-0.4, -0.2) is 0 Å². The van der Waals surface area contributed by atoms with Crippen LogP contribution in [0.15, 0.2) is 25.3 Å². The normalized spacial score (nSPS) is 9.81. The monoisotopic (exact) mass is 294 g/mol. The number of rotatable bonds is 15.